The number of aromatic nitrogens is 1. The molecule has 2 saturated heterocycles. The third-order valence-corrected chi connectivity index (χ3v) is 5.88. The van der Waals surface area contributed by atoms with E-state index in [2.05, 4.69) is 10.3 Å². The van der Waals surface area contributed by atoms with E-state index < -0.39 is 0 Å². The van der Waals surface area contributed by atoms with Crippen LogP contribution in [0.1, 0.15) is 23.3 Å². The molecule has 3 aliphatic rings. The van der Waals surface area contributed by atoms with Crippen molar-refractivity contribution in [3.05, 3.63) is 30.3 Å². The Balaban J connectivity index is 1.39. The number of hydrogen-bond acceptors (Lipinski definition) is 6. The zero-order valence-electron chi connectivity index (χ0n) is 15.1. The van der Waals surface area contributed by atoms with Gasteiger partial charge in [-0.25, -0.2) is 4.98 Å². The van der Waals surface area contributed by atoms with Crippen molar-refractivity contribution >= 4 is 5.91 Å². The van der Waals surface area contributed by atoms with Gasteiger partial charge in [-0.1, -0.05) is 0 Å². The molecule has 1 N–H and O–H groups in total. The van der Waals surface area contributed by atoms with E-state index in [9.17, 15) is 4.79 Å². The average molecular weight is 369 g/mol. The van der Waals surface area contributed by atoms with Crippen molar-refractivity contribution in [1.29, 1.82) is 0 Å². The third kappa shape index (κ3) is 3.06. The van der Waals surface area contributed by atoms with E-state index in [1.54, 1.807) is 0 Å². The minimum absolute atomic E-state index is 0.0541. The topological polar surface area (TPSA) is 76.8 Å². The van der Waals surface area contributed by atoms with Gasteiger partial charge in [-0.15, -0.1) is 0 Å². The maximum atomic E-state index is 13.1. The summed E-state index contributed by atoms with van der Waals surface area (Å²) in [6.45, 7) is 4.75. The maximum Gasteiger partial charge on any atom is 0.276 e. The molecule has 2 atom stereocenters. The maximum absolute atomic E-state index is 13.1. The van der Waals surface area contributed by atoms with Crippen LogP contribution in [-0.4, -0.2) is 55.2 Å². The van der Waals surface area contributed by atoms with Crippen molar-refractivity contribution in [2.45, 2.75) is 12.8 Å². The molecule has 0 bridgehead atoms. The van der Waals surface area contributed by atoms with Crippen LogP contribution in [0.3, 0.4) is 0 Å². The molecule has 1 aromatic carbocycles. The lowest BCUT2D eigenvalue weighted by Gasteiger charge is -2.21. The van der Waals surface area contributed by atoms with Crippen molar-refractivity contribution in [1.82, 2.24) is 15.2 Å². The van der Waals surface area contributed by atoms with Crippen LogP contribution in [0.4, 0.5) is 0 Å². The molecule has 0 saturated carbocycles. The van der Waals surface area contributed by atoms with E-state index >= 15 is 0 Å². The number of oxazole rings is 1. The molecule has 1 amide bonds. The summed E-state index contributed by atoms with van der Waals surface area (Å²) in [4.78, 5) is 19.3. The van der Waals surface area contributed by atoms with Gasteiger partial charge in [0, 0.05) is 18.7 Å². The van der Waals surface area contributed by atoms with Crippen LogP contribution >= 0.6 is 0 Å². The minimum atomic E-state index is -0.0541. The first-order chi connectivity index (χ1) is 13.3. The van der Waals surface area contributed by atoms with E-state index in [1.165, 1.54) is 6.39 Å². The van der Waals surface area contributed by atoms with Gasteiger partial charge in [-0.3, -0.25) is 4.79 Å². The number of ether oxygens (including phenoxy) is 2. The van der Waals surface area contributed by atoms with E-state index in [4.69, 9.17) is 13.9 Å². The van der Waals surface area contributed by atoms with E-state index in [1.807, 2.05) is 23.1 Å². The van der Waals surface area contributed by atoms with Crippen molar-refractivity contribution < 1.29 is 18.7 Å². The smallest absolute Gasteiger partial charge is 0.276 e. The van der Waals surface area contributed by atoms with Gasteiger partial charge >= 0.3 is 0 Å². The summed E-state index contributed by atoms with van der Waals surface area (Å²) in [5.74, 6) is 3.17. The normalized spacial score (nSPS) is 24.4. The van der Waals surface area contributed by atoms with Gasteiger partial charge in [-0.2, -0.15) is 0 Å². The summed E-state index contributed by atoms with van der Waals surface area (Å²) < 4.78 is 16.8. The molecule has 7 heteroatoms. The van der Waals surface area contributed by atoms with Gasteiger partial charge in [-0.05, 0) is 56.0 Å². The van der Waals surface area contributed by atoms with Crippen LogP contribution in [-0.2, 0) is 0 Å². The predicted molar refractivity (Wildman–Crippen MR) is 97.9 cm³/mol. The Bertz CT molecular complexity index is 836. The van der Waals surface area contributed by atoms with E-state index in [0.717, 1.165) is 44.6 Å². The monoisotopic (exact) mass is 369 g/mol. The molecule has 2 fully saturated rings. The van der Waals surface area contributed by atoms with Gasteiger partial charge in [0.15, 0.2) is 29.3 Å². The zero-order valence-corrected chi connectivity index (χ0v) is 15.1. The number of benzene rings is 1. The second-order valence-corrected chi connectivity index (χ2v) is 7.44. The Hall–Kier alpha value is -2.54. The Labute approximate surface area is 157 Å². The van der Waals surface area contributed by atoms with Gasteiger partial charge in [0.25, 0.3) is 5.91 Å². The number of nitrogens with zero attached hydrogens (tertiary/aromatic N) is 2. The van der Waals surface area contributed by atoms with Crippen LogP contribution in [0.25, 0.3) is 11.3 Å². The van der Waals surface area contributed by atoms with Crippen molar-refractivity contribution in [2.24, 2.45) is 11.8 Å². The second-order valence-electron chi connectivity index (χ2n) is 7.44. The lowest BCUT2D eigenvalue weighted by molar-refractivity contribution is 0.0753. The van der Waals surface area contributed by atoms with Crippen molar-refractivity contribution in [3.63, 3.8) is 0 Å². The molecule has 4 heterocycles. The fraction of sp³-hybridized carbons (Fsp3) is 0.500. The Kier molecular flexibility index (Phi) is 4.24. The van der Waals surface area contributed by atoms with E-state index in [0.29, 0.717) is 48.0 Å². The SMILES string of the molecule is O=C(c1ncoc1-c1ccc2c(c1)OCCO2)N1CC[C@@H]2CNC[C@@H]2CC1. The third-order valence-electron chi connectivity index (χ3n) is 5.88. The molecule has 27 heavy (non-hydrogen) atoms. The summed E-state index contributed by atoms with van der Waals surface area (Å²) in [6.07, 6.45) is 3.43. The molecule has 0 aliphatic carbocycles. The second kappa shape index (κ2) is 6.88. The number of nitrogens with one attached hydrogen (secondary N) is 1. The molecular formula is C20H23N3O4. The predicted octanol–water partition coefficient (Wildman–Crippen LogP) is 2.18. The van der Waals surface area contributed by atoms with Gasteiger partial charge in [0.05, 0.1) is 0 Å². The van der Waals surface area contributed by atoms with Gasteiger partial charge in [0.1, 0.15) is 13.2 Å². The van der Waals surface area contributed by atoms with Gasteiger partial charge < -0.3 is 24.1 Å². The minimum Gasteiger partial charge on any atom is -0.486 e. The number of carbonyl (C=O) groups is 1. The summed E-state index contributed by atoms with van der Waals surface area (Å²) in [6, 6.07) is 5.58. The number of fused-ring (bicyclic) bond motifs is 2. The fourth-order valence-electron chi connectivity index (χ4n) is 4.36. The molecule has 0 unspecified atom stereocenters. The number of amides is 1. The highest BCUT2D eigenvalue weighted by molar-refractivity contribution is 5.97. The quantitative estimate of drug-likeness (QED) is 0.874. The number of hydrogen-bond donors (Lipinski definition) is 1. The Morgan fingerprint density at radius 3 is 2.59 bits per heavy atom. The van der Waals surface area contributed by atoms with Crippen LogP contribution in [0, 0.1) is 11.8 Å². The van der Waals surface area contributed by atoms with Crippen LogP contribution < -0.4 is 14.8 Å². The Morgan fingerprint density at radius 2 is 1.81 bits per heavy atom. The van der Waals surface area contributed by atoms with Gasteiger partial charge in [0.2, 0.25) is 0 Å². The lowest BCUT2D eigenvalue weighted by atomic mass is 9.92. The van der Waals surface area contributed by atoms with Crippen LogP contribution in [0.15, 0.2) is 29.0 Å². The molecular weight excluding hydrogens is 346 g/mol. The summed E-state index contributed by atoms with van der Waals surface area (Å²) >= 11 is 0. The van der Waals surface area contributed by atoms with Crippen molar-refractivity contribution in [3.8, 4) is 22.8 Å². The van der Waals surface area contributed by atoms with Crippen molar-refractivity contribution in [2.75, 3.05) is 39.4 Å². The molecule has 5 rings (SSSR count). The lowest BCUT2D eigenvalue weighted by Crippen LogP contribution is -2.33. The van der Waals surface area contributed by atoms with E-state index in [-0.39, 0.29) is 5.91 Å². The number of rotatable bonds is 2. The fourth-order valence-corrected chi connectivity index (χ4v) is 4.36. The standard InChI is InChI=1S/C20H23N3O4/c24-20(23-5-3-14-10-21-11-15(14)4-6-23)18-19(27-12-22-18)13-1-2-16-17(9-13)26-8-7-25-16/h1-2,9,12,14-15,21H,3-8,10-11H2/t14-,15+. The largest absolute Gasteiger partial charge is 0.486 e. The number of carbonyl (C=O) groups excluding carboxylic acids is 1. The highest BCUT2D eigenvalue weighted by atomic mass is 16.6. The highest BCUT2D eigenvalue weighted by Gasteiger charge is 2.33. The average Bonchev–Trinajstić information content (AvgIpc) is 3.33. The first kappa shape index (κ1) is 16.6. The molecule has 142 valence electrons. The Morgan fingerprint density at radius 1 is 1.07 bits per heavy atom. The molecule has 0 spiro atoms. The number of likely N-dealkylation sites (tertiary alicyclic amines) is 1. The molecule has 0 radical (unpaired) electrons. The summed E-state index contributed by atoms with van der Waals surface area (Å²) in [5, 5.41) is 3.47. The zero-order chi connectivity index (χ0) is 18.2. The molecule has 2 aromatic rings. The molecule has 7 nitrogen and oxygen atoms in total. The summed E-state index contributed by atoms with van der Waals surface area (Å²) in [7, 11) is 0. The molecule has 1 aromatic heterocycles. The summed E-state index contributed by atoms with van der Waals surface area (Å²) in [5.41, 5.74) is 1.15. The first-order valence-corrected chi connectivity index (χ1v) is 9.63. The van der Waals surface area contributed by atoms with Crippen LogP contribution in [0.2, 0.25) is 0 Å². The van der Waals surface area contributed by atoms with Crippen LogP contribution in [0.5, 0.6) is 11.5 Å². The first-order valence-electron chi connectivity index (χ1n) is 9.63. The highest BCUT2D eigenvalue weighted by Crippen LogP contribution is 2.36. The molecule has 3 aliphatic heterocycles.